The Morgan fingerprint density at radius 2 is 1.81 bits per heavy atom. The highest BCUT2D eigenvalue weighted by molar-refractivity contribution is 5.91. The molecule has 0 aliphatic rings. The van der Waals surface area contributed by atoms with Crippen LogP contribution in [0.2, 0.25) is 0 Å². The molecule has 0 bridgehead atoms. The molecule has 1 N–H and O–H groups in total. The van der Waals surface area contributed by atoms with Crippen LogP contribution in [0.1, 0.15) is 15.9 Å². The number of ether oxygens (including phenoxy) is 2. The van der Waals surface area contributed by atoms with Crippen LogP contribution in [0.15, 0.2) is 36.4 Å². The number of methoxy groups -OCH3 is 1. The van der Waals surface area contributed by atoms with Crippen molar-refractivity contribution in [2.24, 2.45) is 0 Å². The minimum Gasteiger partial charge on any atom is -0.497 e. The molecule has 6 heteroatoms. The normalized spacial score (nSPS) is 10.2. The molecule has 110 valence electrons. The minimum absolute atomic E-state index is 0.0907. The van der Waals surface area contributed by atoms with Gasteiger partial charge in [0, 0.05) is 6.07 Å². The van der Waals surface area contributed by atoms with Crippen molar-refractivity contribution in [2.45, 2.75) is 6.61 Å². The zero-order valence-corrected chi connectivity index (χ0v) is 11.1. The van der Waals surface area contributed by atoms with Crippen LogP contribution < -0.4 is 9.47 Å². The summed E-state index contributed by atoms with van der Waals surface area (Å²) in [7, 11) is 1.41. The number of hydrogen-bond donors (Lipinski definition) is 1. The highest BCUT2D eigenvalue weighted by Crippen LogP contribution is 2.25. The van der Waals surface area contributed by atoms with E-state index < -0.39 is 17.6 Å². The third-order valence-corrected chi connectivity index (χ3v) is 2.73. The monoisotopic (exact) mass is 294 g/mol. The van der Waals surface area contributed by atoms with Gasteiger partial charge in [-0.1, -0.05) is 0 Å². The number of aromatic carboxylic acids is 1. The Morgan fingerprint density at radius 3 is 2.38 bits per heavy atom. The van der Waals surface area contributed by atoms with Gasteiger partial charge in [0.2, 0.25) is 0 Å². The van der Waals surface area contributed by atoms with E-state index in [9.17, 15) is 13.6 Å². The summed E-state index contributed by atoms with van der Waals surface area (Å²) < 4.78 is 36.4. The van der Waals surface area contributed by atoms with E-state index in [0.717, 1.165) is 18.2 Å². The maximum Gasteiger partial charge on any atom is 0.339 e. The molecule has 0 aliphatic carbocycles. The summed E-state index contributed by atoms with van der Waals surface area (Å²) in [6, 6.07) is 7.26. The van der Waals surface area contributed by atoms with E-state index in [4.69, 9.17) is 14.6 Å². The molecule has 2 aromatic carbocycles. The molecule has 0 saturated heterocycles. The second-order valence-electron chi connectivity index (χ2n) is 4.23. The van der Waals surface area contributed by atoms with Crippen molar-refractivity contribution < 1.29 is 28.2 Å². The molecule has 0 saturated carbocycles. The average molecular weight is 294 g/mol. The number of hydrogen-bond acceptors (Lipinski definition) is 3. The molecular weight excluding hydrogens is 282 g/mol. The lowest BCUT2D eigenvalue weighted by atomic mass is 10.2. The first kappa shape index (κ1) is 14.8. The fourth-order valence-corrected chi connectivity index (χ4v) is 1.78. The summed E-state index contributed by atoms with van der Waals surface area (Å²) in [5.74, 6) is -2.16. The zero-order chi connectivity index (χ0) is 15.4. The molecule has 0 radical (unpaired) electrons. The molecule has 0 amide bonds. The van der Waals surface area contributed by atoms with Gasteiger partial charge in [-0.15, -0.1) is 0 Å². The van der Waals surface area contributed by atoms with Crippen molar-refractivity contribution in [3.63, 3.8) is 0 Å². The fourth-order valence-electron chi connectivity index (χ4n) is 1.78. The van der Waals surface area contributed by atoms with Gasteiger partial charge in [-0.3, -0.25) is 0 Å². The summed E-state index contributed by atoms with van der Waals surface area (Å²) in [4.78, 5) is 11.2. The molecule has 0 unspecified atom stereocenters. The summed E-state index contributed by atoms with van der Waals surface area (Å²) in [6.45, 7) is -0.151. The van der Waals surface area contributed by atoms with E-state index in [0.29, 0.717) is 5.75 Å². The Labute approximate surface area is 119 Å². The topological polar surface area (TPSA) is 55.8 Å². The van der Waals surface area contributed by atoms with E-state index in [1.165, 1.54) is 25.3 Å². The second kappa shape index (κ2) is 6.21. The summed E-state index contributed by atoms with van der Waals surface area (Å²) in [6.07, 6.45) is 0. The van der Waals surface area contributed by atoms with Crippen LogP contribution in [0.25, 0.3) is 0 Å². The molecule has 0 spiro atoms. The van der Waals surface area contributed by atoms with Gasteiger partial charge in [-0.25, -0.2) is 13.6 Å². The highest BCUT2D eigenvalue weighted by atomic mass is 19.1. The summed E-state index contributed by atoms with van der Waals surface area (Å²) >= 11 is 0. The van der Waals surface area contributed by atoms with Crippen LogP contribution in [0.3, 0.4) is 0 Å². The standard InChI is InChI=1S/C15H12F2O4/c1-20-12-2-3-14(13(7-12)15(18)19)21-8-9-4-10(16)6-11(17)5-9/h2-7H,8H2,1H3,(H,18,19). The van der Waals surface area contributed by atoms with Crippen molar-refractivity contribution in [1.29, 1.82) is 0 Å². The molecule has 0 fully saturated rings. The van der Waals surface area contributed by atoms with Crippen LogP contribution in [0.4, 0.5) is 8.78 Å². The van der Waals surface area contributed by atoms with Crippen molar-refractivity contribution >= 4 is 5.97 Å². The van der Waals surface area contributed by atoms with Gasteiger partial charge in [0.1, 0.15) is 35.3 Å². The largest absolute Gasteiger partial charge is 0.497 e. The molecular formula is C15H12F2O4. The predicted molar refractivity (Wildman–Crippen MR) is 70.6 cm³/mol. The molecule has 0 atom stereocenters. The fraction of sp³-hybridized carbons (Fsp3) is 0.133. The highest BCUT2D eigenvalue weighted by Gasteiger charge is 2.13. The van der Waals surface area contributed by atoms with E-state index in [1.807, 2.05) is 0 Å². The van der Waals surface area contributed by atoms with Crippen molar-refractivity contribution in [2.75, 3.05) is 7.11 Å². The molecule has 0 aromatic heterocycles. The smallest absolute Gasteiger partial charge is 0.339 e. The van der Waals surface area contributed by atoms with E-state index in [-0.39, 0.29) is 23.5 Å². The second-order valence-corrected chi connectivity index (χ2v) is 4.23. The van der Waals surface area contributed by atoms with Gasteiger partial charge in [0.15, 0.2) is 0 Å². The molecule has 2 aromatic rings. The molecule has 2 rings (SSSR count). The Kier molecular flexibility index (Phi) is 4.37. The number of halogens is 2. The lowest BCUT2D eigenvalue weighted by Gasteiger charge is -2.10. The van der Waals surface area contributed by atoms with Crippen molar-refractivity contribution in [3.05, 3.63) is 59.2 Å². The van der Waals surface area contributed by atoms with Crippen LogP contribution in [0.5, 0.6) is 11.5 Å². The minimum atomic E-state index is -1.19. The maximum absolute atomic E-state index is 13.1. The van der Waals surface area contributed by atoms with Gasteiger partial charge in [0.25, 0.3) is 0 Å². The lowest BCUT2D eigenvalue weighted by Crippen LogP contribution is -2.04. The first-order valence-electron chi connectivity index (χ1n) is 5.98. The number of rotatable bonds is 5. The van der Waals surface area contributed by atoms with E-state index in [2.05, 4.69) is 0 Å². The maximum atomic E-state index is 13.1. The van der Waals surface area contributed by atoms with E-state index in [1.54, 1.807) is 0 Å². The van der Waals surface area contributed by atoms with Crippen molar-refractivity contribution in [3.8, 4) is 11.5 Å². The number of benzene rings is 2. The average Bonchev–Trinajstić information content (AvgIpc) is 2.43. The summed E-state index contributed by atoms with van der Waals surface area (Å²) in [5, 5.41) is 9.12. The van der Waals surface area contributed by atoms with Crippen molar-refractivity contribution in [1.82, 2.24) is 0 Å². The quantitative estimate of drug-likeness (QED) is 0.919. The van der Waals surface area contributed by atoms with Gasteiger partial charge in [-0.05, 0) is 35.9 Å². The lowest BCUT2D eigenvalue weighted by molar-refractivity contribution is 0.0691. The third kappa shape index (κ3) is 3.68. The Bertz CT molecular complexity index is 650. The number of carbonyl (C=O) groups is 1. The molecule has 4 nitrogen and oxygen atoms in total. The first-order chi connectivity index (χ1) is 9.99. The molecule has 21 heavy (non-hydrogen) atoms. The Balaban J connectivity index is 2.21. The third-order valence-electron chi connectivity index (χ3n) is 2.73. The summed E-state index contributed by atoms with van der Waals surface area (Å²) in [5.41, 5.74) is 0.172. The predicted octanol–water partition coefficient (Wildman–Crippen LogP) is 3.25. The van der Waals surface area contributed by atoms with Gasteiger partial charge in [0.05, 0.1) is 7.11 Å². The first-order valence-corrected chi connectivity index (χ1v) is 5.98. The number of carboxylic acid groups (broad SMARTS) is 1. The van der Waals surface area contributed by atoms with Gasteiger partial charge in [-0.2, -0.15) is 0 Å². The van der Waals surface area contributed by atoms with Crippen LogP contribution in [-0.4, -0.2) is 18.2 Å². The Hall–Kier alpha value is -2.63. The SMILES string of the molecule is COc1ccc(OCc2cc(F)cc(F)c2)c(C(=O)O)c1. The Morgan fingerprint density at radius 1 is 1.14 bits per heavy atom. The zero-order valence-electron chi connectivity index (χ0n) is 11.1. The van der Waals surface area contributed by atoms with Gasteiger partial charge < -0.3 is 14.6 Å². The molecule has 0 aliphatic heterocycles. The van der Waals surface area contributed by atoms with Gasteiger partial charge >= 0.3 is 5.97 Å². The number of carboxylic acids is 1. The van der Waals surface area contributed by atoms with Crippen LogP contribution >= 0.6 is 0 Å². The van der Waals surface area contributed by atoms with E-state index >= 15 is 0 Å². The van der Waals surface area contributed by atoms with Crippen LogP contribution in [0, 0.1) is 11.6 Å². The van der Waals surface area contributed by atoms with Crippen LogP contribution in [-0.2, 0) is 6.61 Å². The molecule has 0 heterocycles.